The van der Waals surface area contributed by atoms with E-state index in [4.69, 9.17) is 9.72 Å². The number of unbranched alkanes of at least 4 members (excludes halogenated alkanes) is 1. The number of nitrogens with zero attached hydrogens (tertiary/aromatic N) is 2. The maximum atomic E-state index is 13.0. The first-order valence-electron chi connectivity index (χ1n) is 14.1. The van der Waals surface area contributed by atoms with Crippen LogP contribution in [0.1, 0.15) is 48.3 Å². The lowest BCUT2D eigenvalue weighted by molar-refractivity contribution is -0.121. The largest absolute Gasteiger partial charge is 0.494 e. The number of hydrogen-bond donors (Lipinski definition) is 1. The molecule has 0 saturated heterocycles. The number of benzene rings is 4. The number of rotatable bonds is 11. The van der Waals surface area contributed by atoms with E-state index in [9.17, 15) is 4.79 Å². The van der Waals surface area contributed by atoms with Gasteiger partial charge in [-0.25, -0.2) is 4.98 Å². The maximum absolute atomic E-state index is 13.0. The van der Waals surface area contributed by atoms with Crippen LogP contribution in [-0.4, -0.2) is 22.1 Å². The van der Waals surface area contributed by atoms with Gasteiger partial charge in [-0.05, 0) is 85.7 Å². The molecule has 1 N–H and O–H groups in total. The number of nitrogens with one attached hydrogen (secondary N) is 1. The first kappa shape index (κ1) is 27.2. The number of ether oxygens (including phenoxy) is 1. The van der Waals surface area contributed by atoms with Gasteiger partial charge in [0.15, 0.2) is 0 Å². The molecule has 0 aliphatic rings. The van der Waals surface area contributed by atoms with Crippen molar-refractivity contribution in [2.45, 2.75) is 52.6 Å². The standard InChI is InChI=1S/C35H37N3O2/c1-25-15-20-31(23-26(25)2)40-22-10-9-21-38-33-14-8-7-13-32(33)37-35(38)27(3)36-34(39)24-28-16-18-30(19-17-28)29-11-5-4-6-12-29/h4-8,11-20,23,27H,9-10,21-22,24H2,1-3H3,(H,36,39). The highest BCUT2D eigenvalue weighted by Crippen LogP contribution is 2.23. The van der Waals surface area contributed by atoms with Crippen LogP contribution in [0.25, 0.3) is 22.2 Å². The Morgan fingerprint density at radius 3 is 2.35 bits per heavy atom. The summed E-state index contributed by atoms with van der Waals surface area (Å²) in [6, 6.07) is 32.7. The Kier molecular flexibility index (Phi) is 8.60. The molecular weight excluding hydrogens is 494 g/mol. The Balaban J connectivity index is 1.19. The van der Waals surface area contributed by atoms with Crippen LogP contribution in [0.2, 0.25) is 0 Å². The predicted molar refractivity (Wildman–Crippen MR) is 163 cm³/mol. The Bertz CT molecular complexity index is 1570. The van der Waals surface area contributed by atoms with Gasteiger partial charge in [-0.1, -0.05) is 72.8 Å². The molecule has 0 spiro atoms. The second kappa shape index (κ2) is 12.6. The summed E-state index contributed by atoms with van der Waals surface area (Å²) in [5.74, 6) is 1.78. The Morgan fingerprint density at radius 1 is 0.850 bits per heavy atom. The molecule has 0 radical (unpaired) electrons. The van der Waals surface area contributed by atoms with E-state index >= 15 is 0 Å². The van der Waals surface area contributed by atoms with Gasteiger partial charge in [0.2, 0.25) is 5.91 Å². The summed E-state index contributed by atoms with van der Waals surface area (Å²) in [5.41, 5.74) is 7.85. The Labute approximate surface area is 236 Å². The fraction of sp³-hybridized carbons (Fsp3) is 0.257. The molecule has 40 heavy (non-hydrogen) atoms. The molecule has 0 fully saturated rings. The van der Waals surface area contributed by atoms with Crippen LogP contribution in [0, 0.1) is 13.8 Å². The lowest BCUT2D eigenvalue weighted by atomic mass is 10.0. The molecule has 0 aliphatic carbocycles. The SMILES string of the molecule is Cc1ccc(OCCCCn2c(C(C)NC(=O)Cc3ccc(-c4ccccc4)cc3)nc3ccccc32)cc1C. The van der Waals surface area contributed by atoms with Crippen LogP contribution in [0.15, 0.2) is 97.1 Å². The number of carbonyl (C=O) groups excluding carboxylic acids is 1. The van der Waals surface area contributed by atoms with Crippen LogP contribution < -0.4 is 10.1 Å². The van der Waals surface area contributed by atoms with Gasteiger partial charge in [-0.15, -0.1) is 0 Å². The fourth-order valence-electron chi connectivity index (χ4n) is 5.01. The van der Waals surface area contributed by atoms with E-state index in [0.29, 0.717) is 13.0 Å². The zero-order valence-corrected chi connectivity index (χ0v) is 23.6. The minimum atomic E-state index is -0.213. The molecule has 1 amide bonds. The van der Waals surface area contributed by atoms with Gasteiger partial charge in [0.25, 0.3) is 0 Å². The zero-order valence-electron chi connectivity index (χ0n) is 23.6. The van der Waals surface area contributed by atoms with Crippen LogP contribution >= 0.6 is 0 Å². The van der Waals surface area contributed by atoms with Gasteiger partial charge >= 0.3 is 0 Å². The fourth-order valence-corrected chi connectivity index (χ4v) is 5.01. The number of fused-ring (bicyclic) bond motifs is 1. The average molecular weight is 532 g/mol. The molecule has 204 valence electrons. The van der Waals surface area contributed by atoms with E-state index < -0.39 is 0 Å². The van der Waals surface area contributed by atoms with Gasteiger partial charge in [-0.2, -0.15) is 0 Å². The highest BCUT2D eigenvalue weighted by atomic mass is 16.5. The minimum absolute atomic E-state index is 0.0136. The van der Waals surface area contributed by atoms with Crippen molar-refractivity contribution in [2.75, 3.05) is 6.61 Å². The van der Waals surface area contributed by atoms with E-state index in [0.717, 1.165) is 53.1 Å². The van der Waals surface area contributed by atoms with Gasteiger partial charge in [0.1, 0.15) is 11.6 Å². The molecule has 5 nitrogen and oxygen atoms in total. The number of para-hydroxylation sites is 2. The Hall–Kier alpha value is -4.38. The van der Waals surface area contributed by atoms with Crippen LogP contribution in [-0.2, 0) is 17.8 Å². The van der Waals surface area contributed by atoms with Crippen LogP contribution in [0.3, 0.4) is 0 Å². The van der Waals surface area contributed by atoms with E-state index in [1.165, 1.54) is 16.7 Å². The normalized spacial score (nSPS) is 11.9. The summed E-state index contributed by atoms with van der Waals surface area (Å²) in [7, 11) is 0. The zero-order chi connectivity index (χ0) is 27.9. The van der Waals surface area contributed by atoms with Crippen molar-refractivity contribution in [3.63, 3.8) is 0 Å². The van der Waals surface area contributed by atoms with E-state index in [1.807, 2.05) is 61.5 Å². The van der Waals surface area contributed by atoms with E-state index in [-0.39, 0.29) is 11.9 Å². The summed E-state index contributed by atoms with van der Waals surface area (Å²) in [6.07, 6.45) is 2.21. The molecule has 0 saturated carbocycles. The third kappa shape index (κ3) is 6.60. The lowest BCUT2D eigenvalue weighted by Gasteiger charge is -2.17. The molecule has 0 aliphatic heterocycles. The third-order valence-electron chi connectivity index (χ3n) is 7.40. The van der Waals surface area contributed by atoms with Crippen molar-refractivity contribution < 1.29 is 9.53 Å². The lowest BCUT2D eigenvalue weighted by Crippen LogP contribution is -2.30. The van der Waals surface area contributed by atoms with E-state index in [2.05, 4.69) is 66.2 Å². The maximum Gasteiger partial charge on any atom is 0.224 e. The highest BCUT2D eigenvalue weighted by Gasteiger charge is 2.18. The summed E-state index contributed by atoms with van der Waals surface area (Å²) in [6.45, 7) is 7.71. The molecular formula is C35H37N3O2. The summed E-state index contributed by atoms with van der Waals surface area (Å²) in [5, 5.41) is 3.18. The number of carbonyl (C=O) groups is 1. The van der Waals surface area contributed by atoms with Crippen LogP contribution in [0.4, 0.5) is 0 Å². The smallest absolute Gasteiger partial charge is 0.224 e. The summed E-state index contributed by atoms with van der Waals surface area (Å²) < 4.78 is 8.23. The summed E-state index contributed by atoms with van der Waals surface area (Å²) >= 11 is 0. The number of amides is 1. The van der Waals surface area contributed by atoms with Crippen molar-refractivity contribution in [3.8, 4) is 16.9 Å². The molecule has 1 aromatic heterocycles. The van der Waals surface area contributed by atoms with Gasteiger partial charge in [0.05, 0.1) is 30.1 Å². The van der Waals surface area contributed by atoms with Gasteiger partial charge in [-0.3, -0.25) is 4.79 Å². The minimum Gasteiger partial charge on any atom is -0.494 e. The monoisotopic (exact) mass is 531 g/mol. The molecule has 5 rings (SSSR count). The predicted octanol–water partition coefficient (Wildman–Crippen LogP) is 7.60. The average Bonchev–Trinajstić information content (AvgIpc) is 3.34. The molecule has 5 aromatic rings. The van der Waals surface area contributed by atoms with Crippen molar-refractivity contribution >= 4 is 16.9 Å². The van der Waals surface area contributed by atoms with Crippen molar-refractivity contribution in [2.24, 2.45) is 0 Å². The quantitative estimate of drug-likeness (QED) is 0.179. The third-order valence-corrected chi connectivity index (χ3v) is 7.40. The molecule has 1 atom stereocenters. The van der Waals surface area contributed by atoms with Crippen LogP contribution in [0.5, 0.6) is 5.75 Å². The molecule has 1 unspecified atom stereocenters. The van der Waals surface area contributed by atoms with Gasteiger partial charge < -0.3 is 14.6 Å². The second-order valence-electron chi connectivity index (χ2n) is 10.4. The molecule has 1 heterocycles. The van der Waals surface area contributed by atoms with E-state index in [1.54, 1.807) is 0 Å². The first-order valence-corrected chi connectivity index (χ1v) is 14.1. The number of imidazole rings is 1. The van der Waals surface area contributed by atoms with Crippen molar-refractivity contribution in [1.29, 1.82) is 0 Å². The topological polar surface area (TPSA) is 56.1 Å². The molecule has 5 heteroatoms. The summed E-state index contributed by atoms with van der Waals surface area (Å²) in [4.78, 5) is 17.9. The number of aromatic nitrogens is 2. The van der Waals surface area contributed by atoms with Crippen molar-refractivity contribution in [3.05, 3.63) is 120 Å². The number of hydrogen-bond acceptors (Lipinski definition) is 3. The number of aryl methyl sites for hydroxylation is 3. The highest BCUT2D eigenvalue weighted by molar-refractivity contribution is 5.80. The second-order valence-corrected chi connectivity index (χ2v) is 10.4. The van der Waals surface area contributed by atoms with Gasteiger partial charge in [0, 0.05) is 6.54 Å². The first-order chi connectivity index (χ1) is 19.5. The Morgan fingerprint density at radius 2 is 1.57 bits per heavy atom. The molecule has 0 bridgehead atoms. The van der Waals surface area contributed by atoms with Crippen molar-refractivity contribution in [1.82, 2.24) is 14.9 Å². The molecule has 4 aromatic carbocycles.